The molecule has 1 aromatic heterocycles. The van der Waals surface area contributed by atoms with Crippen molar-refractivity contribution in [1.29, 1.82) is 5.26 Å². The summed E-state index contributed by atoms with van der Waals surface area (Å²) < 4.78 is 0. The zero-order valence-corrected chi connectivity index (χ0v) is 11.2. The van der Waals surface area contributed by atoms with Gasteiger partial charge in [0.05, 0.1) is 18.4 Å². The molecule has 0 atom stereocenters. The lowest BCUT2D eigenvalue weighted by Crippen LogP contribution is -2.37. The first kappa shape index (κ1) is 13.3. The van der Waals surface area contributed by atoms with Gasteiger partial charge < -0.3 is 9.80 Å². The monoisotopic (exact) mass is 258 g/mol. The predicted molar refractivity (Wildman–Crippen MR) is 72.7 cm³/mol. The number of carbonyl (C=O) groups excluding carboxylic acids is 1. The van der Waals surface area contributed by atoms with Gasteiger partial charge in [0.25, 0.3) is 0 Å². The standard InChI is InChI=1S/C14H18N4O/c1-2-6-17-7-3-8-18(11-14(17)19)13-5-4-12(9-15)16-10-13/h4-5,10H,2-3,6-8,11H2,1H3. The van der Waals surface area contributed by atoms with Crippen molar-refractivity contribution in [3.05, 3.63) is 24.0 Å². The third kappa shape index (κ3) is 3.22. The van der Waals surface area contributed by atoms with Crippen LogP contribution in [0.15, 0.2) is 18.3 Å². The molecule has 1 saturated heterocycles. The molecule has 5 nitrogen and oxygen atoms in total. The van der Waals surface area contributed by atoms with Crippen molar-refractivity contribution in [2.75, 3.05) is 31.1 Å². The van der Waals surface area contributed by atoms with E-state index in [2.05, 4.69) is 11.9 Å². The second-order valence-corrected chi connectivity index (χ2v) is 4.67. The van der Waals surface area contributed by atoms with Gasteiger partial charge in [-0.1, -0.05) is 6.92 Å². The van der Waals surface area contributed by atoms with Crippen LogP contribution in [-0.4, -0.2) is 42.0 Å². The highest BCUT2D eigenvalue weighted by molar-refractivity contribution is 5.81. The largest absolute Gasteiger partial charge is 0.361 e. The molecule has 19 heavy (non-hydrogen) atoms. The molecular formula is C14H18N4O. The van der Waals surface area contributed by atoms with Crippen molar-refractivity contribution in [3.8, 4) is 6.07 Å². The number of nitrogens with zero attached hydrogens (tertiary/aromatic N) is 4. The molecule has 0 unspecified atom stereocenters. The van der Waals surface area contributed by atoms with Crippen LogP contribution in [0.4, 0.5) is 5.69 Å². The van der Waals surface area contributed by atoms with Crippen LogP contribution >= 0.6 is 0 Å². The van der Waals surface area contributed by atoms with Crippen LogP contribution in [-0.2, 0) is 4.79 Å². The van der Waals surface area contributed by atoms with Gasteiger partial charge >= 0.3 is 0 Å². The van der Waals surface area contributed by atoms with Gasteiger partial charge in [-0.15, -0.1) is 0 Å². The second kappa shape index (κ2) is 6.19. The molecule has 2 heterocycles. The molecule has 0 aromatic carbocycles. The van der Waals surface area contributed by atoms with Crippen LogP contribution in [0.25, 0.3) is 0 Å². The highest BCUT2D eigenvalue weighted by Gasteiger charge is 2.21. The van der Waals surface area contributed by atoms with E-state index in [1.165, 1.54) is 0 Å². The maximum absolute atomic E-state index is 12.1. The Morgan fingerprint density at radius 3 is 2.89 bits per heavy atom. The van der Waals surface area contributed by atoms with Gasteiger partial charge in [0, 0.05) is 19.6 Å². The van der Waals surface area contributed by atoms with Crippen molar-refractivity contribution < 1.29 is 4.79 Å². The van der Waals surface area contributed by atoms with E-state index in [1.54, 1.807) is 12.3 Å². The van der Waals surface area contributed by atoms with E-state index in [0.29, 0.717) is 12.2 Å². The highest BCUT2D eigenvalue weighted by Crippen LogP contribution is 2.16. The molecule has 2 rings (SSSR count). The van der Waals surface area contributed by atoms with Crippen molar-refractivity contribution in [3.63, 3.8) is 0 Å². The minimum Gasteiger partial charge on any atom is -0.361 e. The molecular weight excluding hydrogens is 240 g/mol. The molecule has 0 radical (unpaired) electrons. The quantitative estimate of drug-likeness (QED) is 0.822. The van der Waals surface area contributed by atoms with E-state index in [1.807, 2.05) is 21.9 Å². The molecule has 0 bridgehead atoms. The van der Waals surface area contributed by atoms with Gasteiger partial charge in [-0.3, -0.25) is 4.79 Å². The van der Waals surface area contributed by atoms with Crippen LogP contribution in [0.3, 0.4) is 0 Å². The van der Waals surface area contributed by atoms with E-state index in [9.17, 15) is 4.79 Å². The van der Waals surface area contributed by atoms with Crippen LogP contribution < -0.4 is 4.90 Å². The summed E-state index contributed by atoms with van der Waals surface area (Å²) in [6.07, 6.45) is 3.62. The fourth-order valence-electron chi connectivity index (χ4n) is 2.29. The lowest BCUT2D eigenvalue weighted by atomic mass is 10.3. The summed E-state index contributed by atoms with van der Waals surface area (Å²) in [7, 11) is 0. The smallest absolute Gasteiger partial charge is 0.242 e. The summed E-state index contributed by atoms with van der Waals surface area (Å²) in [5.41, 5.74) is 1.31. The Labute approximate surface area is 113 Å². The normalized spacial score (nSPS) is 16.1. The minimum absolute atomic E-state index is 0.170. The molecule has 0 saturated carbocycles. The topological polar surface area (TPSA) is 60.2 Å². The van der Waals surface area contributed by atoms with Gasteiger partial charge in [0.15, 0.2) is 0 Å². The van der Waals surface area contributed by atoms with Crippen LogP contribution in [0.5, 0.6) is 0 Å². The van der Waals surface area contributed by atoms with E-state index in [4.69, 9.17) is 5.26 Å². The number of nitriles is 1. The lowest BCUT2D eigenvalue weighted by Gasteiger charge is -2.22. The van der Waals surface area contributed by atoms with Gasteiger partial charge in [0.1, 0.15) is 11.8 Å². The van der Waals surface area contributed by atoms with E-state index >= 15 is 0 Å². The Bertz CT molecular complexity index is 477. The van der Waals surface area contributed by atoms with E-state index in [0.717, 1.165) is 38.2 Å². The number of aromatic nitrogens is 1. The lowest BCUT2D eigenvalue weighted by molar-refractivity contribution is -0.129. The van der Waals surface area contributed by atoms with Gasteiger partial charge in [-0.05, 0) is 25.0 Å². The van der Waals surface area contributed by atoms with Crippen molar-refractivity contribution in [1.82, 2.24) is 9.88 Å². The molecule has 1 fully saturated rings. The first-order valence-electron chi connectivity index (χ1n) is 6.63. The fourth-order valence-corrected chi connectivity index (χ4v) is 2.29. The molecule has 1 aliphatic heterocycles. The highest BCUT2D eigenvalue weighted by atomic mass is 16.2. The van der Waals surface area contributed by atoms with Crippen molar-refractivity contribution in [2.24, 2.45) is 0 Å². The summed E-state index contributed by atoms with van der Waals surface area (Å²) in [4.78, 5) is 20.1. The molecule has 1 aromatic rings. The SMILES string of the molecule is CCCN1CCCN(c2ccc(C#N)nc2)CC1=O. The van der Waals surface area contributed by atoms with Crippen LogP contribution in [0.1, 0.15) is 25.5 Å². The number of rotatable bonds is 3. The zero-order valence-electron chi connectivity index (χ0n) is 11.2. The summed E-state index contributed by atoms with van der Waals surface area (Å²) in [5, 5.41) is 8.73. The Morgan fingerprint density at radius 1 is 1.42 bits per heavy atom. The Hall–Kier alpha value is -2.09. The fraction of sp³-hybridized carbons (Fsp3) is 0.500. The number of anilines is 1. The molecule has 0 aliphatic carbocycles. The Kier molecular flexibility index (Phi) is 4.35. The number of carbonyl (C=O) groups is 1. The summed E-state index contributed by atoms with van der Waals surface area (Å²) in [6.45, 7) is 4.98. The summed E-state index contributed by atoms with van der Waals surface area (Å²) in [6, 6.07) is 5.54. The molecule has 0 spiro atoms. The molecule has 5 heteroatoms. The summed E-state index contributed by atoms with van der Waals surface area (Å²) in [5.74, 6) is 0.170. The van der Waals surface area contributed by atoms with Crippen molar-refractivity contribution in [2.45, 2.75) is 19.8 Å². The maximum Gasteiger partial charge on any atom is 0.242 e. The second-order valence-electron chi connectivity index (χ2n) is 4.67. The number of hydrogen-bond acceptors (Lipinski definition) is 4. The first-order valence-corrected chi connectivity index (χ1v) is 6.63. The van der Waals surface area contributed by atoms with Gasteiger partial charge in [0.2, 0.25) is 5.91 Å². The molecule has 1 amide bonds. The molecule has 0 N–H and O–H groups in total. The Balaban J connectivity index is 2.08. The van der Waals surface area contributed by atoms with E-state index < -0.39 is 0 Å². The molecule has 1 aliphatic rings. The van der Waals surface area contributed by atoms with Crippen molar-refractivity contribution >= 4 is 11.6 Å². The number of amides is 1. The molecule has 100 valence electrons. The third-order valence-electron chi connectivity index (χ3n) is 3.26. The average molecular weight is 258 g/mol. The van der Waals surface area contributed by atoms with Crippen LogP contribution in [0, 0.1) is 11.3 Å². The first-order chi connectivity index (χ1) is 9.24. The minimum atomic E-state index is 0.170. The zero-order chi connectivity index (χ0) is 13.7. The van der Waals surface area contributed by atoms with Crippen LogP contribution in [0.2, 0.25) is 0 Å². The Morgan fingerprint density at radius 2 is 2.26 bits per heavy atom. The average Bonchev–Trinajstić information content (AvgIpc) is 2.62. The maximum atomic E-state index is 12.1. The number of hydrogen-bond donors (Lipinski definition) is 0. The summed E-state index contributed by atoms with van der Waals surface area (Å²) >= 11 is 0. The third-order valence-corrected chi connectivity index (χ3v) is 3.26. The van der Waals surface area contributed by atoms with Gasteiger partial charge in [-0.25, -0.2) is 4.98 Å². The predicted octanol–water partition coefficient (Wildman–Crippen LogP) is 1.40. The van der Waals surface area contributed by atoms with E-state index in [-0.39, 0.29) is 5.91 Å². The van der Waals surface area contributed by atoms with Gasteiger partial charge in [-0.2, -0.15) is 5.26 Å². The number of pyridine rings is 1.